The number of aromatic nitrogens is 1. The van der Waals surface area contributed by atoms with Gasteiger partial charge >= 0.3 is 0 Å². The molecule has 1 saturated carbocycles. The van der Waals surface area contributed by atoms with Gasteiger partial charge in [-0.1, -0.05) is 13.8 Å². The van der Waals surface area contributed by atoms with Gasteiger partial charge in [0.15, 0.2) is 0 Å². The molecule has 1 aromatic heterocycles. The molecule has 1 aliphatic carbocycles. The van der Waals surface area contributed by atoms with Crippen molar-refractivity contribution in [2.24, 2.45) is 11.8 Å². The van der Waals surface area contributed by atoms with Crippen molar-refractivity contribution in [3.8, 4) is 0 Å². The molecular formula is C14H20BrNO. The second kappa shape index (κ2) is 5.07. The van der Waals surface area contributed by atoms with Crippen molar-refractivity contribution in [2.45, 2.75) is 45.1 Å². The predicted octanol–water partition coefficient (Wildman–Crippen LogP) is 3.57. The van der Waals surface area contributed by atoms with Crippen LogP contribution in [0.4, 0.5) is 0 Å². The van der Waals surface area contributed by atoms with Crippen LogP contribution < -0.4 is 0 Å². The van der Waals surface area contributed by atoms with E-state index < -0.39 is 5.60 Å². The molecule has 1 aliphatic rings. The number of halogens is 1. The number of aliphatic hydroxyl groups is 1. The summed E-state index contributed by atoms with van der Waals surface area (Å²) < 4.78 is 0.985. The lowest BCUT2D eigenvalue weighted by Gasteiger charge is -2.40. The van der Waals surface area contributed by atoms with Gasteiger partial charge in [0.2, 0.25) is 0 Å². The summed E-state index contributed by atoms with van der Waals surface area (Å²) in [5, 5.41) is 10.7. The molecule has 1 fully saturated rings. The first kappa shape index (κ1) is 13.0. The van der Waals surface area contributed by atoms with Gasteiger partial charge in [-0.05, 0) is 59.2 Å². The van der Waals surface area contributed by atoms with Crippen molar-refractivity contribution in [3.63, 3.8) is 0 Å². The topological polar surface area (TPSA) is 33.1 Å². The van der Waals surface area contributed by atoms with Crippen molar-refractivity contribution in [2.75, 3.05) is 0 Å². The van der Waals surface area contributed by atoms with Gasteiger partial charge in [-0.25, -0.2) is 0 Å². The molecule has 2 nitrogen and oxygen atoms in total. The van der Waals surface area contributed by atoms with Gasteiger partial charge < -0.3 is 5.11 Å². The minimum atomic E-state index is -0.562. The summed E-state index contributed by atoms with van der Waals surface area (Å²) in [4.78, 5) is 4.36. The van der Waals surface area contributed by atoms with Crippen LogP contribution in [-0.4, -0.2) is 15.7 Å². The SMILES string of the molecule is CC1CCC(O)(Cc2ccc(Br)cn2)C(C)C1. The lowest BCUT2D eigenvalue weighted by atomic mass is 9.70. The Labute approximate surface area is 112 Å². The first-order valence-electron chi connectivity index (χ1n) is 6.32. The van der Waals surface area contributed by atoms with Crippen molar-refractivity contribution in [3.05, 3.63) is 28.5 Å². The second-order valence-corrected chi connectivity index (χ2v) is 6.44. The Bertz CT molecular complexity index is 378. The van der Waals surface area contributed by atoms with Crippen LogP contribution in [0.5, 0.6) is 0 Å². The molecule has 3 unspecified atom stereocenters. The van der Waals surface area contributed by atoms with E-state index >= 15 is 0 Å². The van der Waals surface area contributed by atoms with Crippen molar-refractivity contribution in [1.29, 1.82) is 0 Å². The predicted molar refractivity (Wildman–Crippen MR) is 72.8 cm³/mol. The van der Waals surface area contributed by atoms with Crippen LogP contribution >= 0.6 is 15.9 Å². The Kier molecular flexibility index (Phi) is 3.88. The van der Waals surface area contributed by atoms with Crippen LogP contribution in [0, 0.1) is 11.8 Å². The highest BCUT2D eigenvalue weighted by Crippen LogP contribution is 2.38. The zero-order valence-corrected chi connectivity index (χ0v) is 12.1. The van der Waals surface area contributed by atoms with Crippen LogP contribution in [0.3, 0.4) is 0 Å². The van der Waals surface area contributed by atoms with E-state index in [1.807, 2.05) is 12.1 Å². The standard InChI is InChI=1S/C14H20BrNO/c1-10-5-6-14(17,11(2)7-10)8-13-4-3-12(15)9-16-13/h3-4,9-11,17H,5-8H2,1-2H3. The number of nitrogens with zero attached hydrogens (tertiary/aromatic N) is 1. The number of rotatable bonds is 2. The van der Waals surface area contributed by atoms with Gasteiger partial charge in [-0.3, -0.25) is 4.98 Å². The molecule has 0 radical (unpaired) electrons. The first-order valence-corrected chi connectivity index (χ1v) is 7.12. The minimum Gasteiger partial charge on any atom is -0.389 e. The summed E-state index contributed by atoms with van der Waals surface area (Å²) in [6.07, 6.45) is 5.61. The highest BCUT2D eigenvalue weighted by atomic mass is 79.9. The molecule has 0 spiro atoms. The molecule has 1 aromatic rings. The van der Waals surface area contributed by atoms with E-state index in [9.17, 15) is 5.11 Å². The maximum atomic E-state index is 10.7. The molecule has 0 aromatic carbocycles. The van der Waals surface area contributed by atoms with Gasteiger partial charge in [-0.2, -0.15) is 0 Å². The van der Waals surface area contributed by atoms with Gasteiger partial charge in [-0.15, -0.1) is 0 Å². The third kappa shape index (κ3) is 3.08. The lowest BCUT2D eigenvalue weighted by Crippen LogP contribution is -2.43. The Morgan fingerprint density at radius 1 is 1.47 bits per heavy atom. The lowest BCUT2D eigenvalue weighted by molar-refractivity contribution is -0.0528. The Hall–Kier alpha value is -0.410. The van der Waals surface area contributed by atoms with E-state index in [1.54, 1.807) is 6.20 Å². The van der Waals surface area contributed by atoms with Crippen molar-refractivity contribution >= 4 is 15.9 Å². The molecular weight excluding hydrogens is 278 g/mol. The summed E-state index contributed by atoms with van der Waals surface area (Å²) in [5.74, 6) is 1.10. The molecule has 3 heteroatoms. The largest absolute Gasteiger partial charge is 0.389 e. The summed E-state index contributed by atoms with van der Waals surface area (Å²) in [7, 11) is 0. The second-order valence-electron chi connectivity index (χ2n) is 5.53. The maximum Gasteiger partial charge on any atom is 0.0728 e. The van der Waals surface area contributed by atoms with Crippen LogP contribution in [0.2, 0.25) is 0 Å². The van der Waals surface area contributed by atoms with Gasteiger partial charge in [0.1, 0.15) is 0 Å². The van der Waals surface area contributed by atoms with Crippen LogP contribution in [0.25, 0.3) is 0 Å². The minimum absolute atomic E-state index is 0.358. The zero-order chi connectivity index (χ0) is 12.5. The molecule has 0 bridgehead atoms. The van der Waals surface area contributed by atoms with Crippen LogP contribution in [0.15, 0.2) is 22.8 Å². The molecule has 0 saturated heterocycles. The normalized spacial score (nSPS) is 33.6. The summed E-state index contributed by atoms with van der Waals surface area (Å²) >= 11 is 3.38. The molecule has 17 heavy (non-hydrogen) atoms. The quantitative estimate of drug-likeness (QED) is 0.905. The average Bonchev–Trinajstić information content (AvgIpc) is 2.28. The molecule has 0 aliphatic heterocycles. The molecule has 0 amide bonds. The number of hydrogen-bond donors (Lipinski definition) is 1. The van der Waals surface area contributed by atoms with Gasteiger partial charge in [0.05, 0.1) is 5.60 Å². The third-order valence-electron chi connectivity index (χ3n) is 4.02. The molecule has 3 atom stereocenters. The number of pyridine rings is 1. The highest BCUT2D eigenvalue weighted by molar-refractivity contribution is 9.10. The Morgan fingerprint density at radius 3 is 2.82 bits per heavy atom. The van der Waals surface area contributed by atoms with Crippen molar-refractivity contribution in [1.82, 2.24) is 4.98 Å². The molecule has 94 valence electrons. The Balaban J connectivity index is 2.09. The summed E-state index contributed by atoms with van der Waals surface area (Å²) in [6.45, 7) is 4.43. The molecule has 1 N–H and O–H groups in total. The molecule has 2 rings (SSSR count). The van der Waals surface area contributed by atoms with Crippen LogP contribution in [0.1, 0.15) is 38.8 Å². The average molecular weight is 298 g/mol. The zero-order valence-electron chi connectivity index (χ0n) is 10.5. The fourth-order valence-corrected chi connectivity index (χ4v) is 3.01. The fourth-order valence-electron chi connectivity index (χ4n) is 2.77. The van der Waals surface area contributed by atoms with Gasteiger partial charge in [0.25, 0.3) is 0 Å². The Morgan fingerprint density at radius 2 is 2.24 bits per heavy atom. The number of hydrogen-bond acceptors (Lipinski definition) is 2. The first-order chi connectivity index (χ1) is 7.99. The van der Waals surface area contributed by atoms with E-state index in [2.05, 4.69) is 34.8 Å². The van der Waals surface area contributed by atoms with Crippen molar-refractivity contribution < 1.29 is 5.11 Å². The van der Waals surface area contributed by atoms with E-state index in [0.717, 1.165) is 35.3 Å². The van der Waals surface area contributed by atoms with E-state index in [-0.39, 0.29) is 0 Å². The van der Waals surface area contributed by atoms with Gasteiger partial charge in [0, 0.05) is 22.8 Å². The molecule has 1 heterocycles. The summed E-state index contributed by atoms with van der Waals surface area (Å²) in [6, 6.07) is 3.98. The third-order valence-corrected chi connectivity index (χ3v) is 4.49. The smallest absolute Gasteiger partial charge is 0.0728 e. The monoisotopic (exact) mass is 297 g/mol. The highest BCUT2D eigenvalue weighted by Gasteiger charge is 2.38. The van der Waals surface area contributed by atoms with E-state index in [4.69, 9.17) is 0 Å². The summed E-state index contributed by atoms with van der Waals surface area (Å²) in [5.41, 5.74) is 0.421. The fraction of sp³-hybridized carbons (Fsp3) is 0.643. The van der Waals surface area contributed by atoms with E-state index in [1.165, 1.54) is 0 Å². The van der Waals surface area contributed by atoms with E-state index in [0.29, 0.717) is 12.3 Å². The van der Waals surface area contributed by atoms with Crippen LogP contribution in [-0.2, 0) is 6.42 Å². The maximum absolute atomic E-state index is 10.7.